The second-order valence-corrected chi connectivity index (χ2v) is 6.20. The number of hydrogen-bond acceptors (Lipinski definition) is 3. The molecule has 2 aromatic rings. The minimum Gasteiger partial charge on any atom is -0.478 e. The van der Waals surface area contributed by atoms with Gasteiger partial charge in [-0.2, -0.15) is 0 Å². The van der Waals surface area contributed by atoms with Crippen LogP contribution in [-0.4, -0.2) is 31.1 Å². The molecule has 0 aliphatic heterocycles. The van der Waals surface area contributed by atoms with E-state index in [4.69, 9.17) is 11.6 Å². The second-order valence-electron chi connectivity index (χ2n) is 5.76. The topological polar surface area (TPSA) is 69.6 Å². The van der Waals surface area contributed by atoms with E-state index in [-0.39, 0.29) is 17.2 Å². The lowest BCUT2D eigenvalue weighted by Gasteiger charge is -2.12. The van der Waals surface area contributed by atoms with E-state index in [1.807, 2.05) is 43.3 Å². The van der Waals surface area contributed by atoms with Crippen LogP contribution >= 0.6 is 11.6 Å². The number of anilines is 2. The molecule has 0 fully saturated rings. The van der Waals surface area contributed by atoms with Crippen molar-refractivity contribution in [2.24, 2.45) is 0 Å². The van der Waals surface area contributed by atoms with E-state index in [1.54, 1.807) is 13.0 Å². The Balaban J connectivity index is 2.20. The van der Waals surface area contributed by atoms with Crippen molar-refractivity contribution >= 4 is 40.9 Å². The number of amides is 1. The number of nitrogens with one attached hydrogen (secondary N) is 1. The van der Waals surface area contributed by atoms with Crippen molar-refractivity contribution in [3.8, 4) is 0 Å². The number of benzene rings is 2. The molecule has 0 atom stereocenters. The molecule has 0 aliphatic rings. The molecule has 0 saturated carbocycles. The molecule has 1 amide bonds. The van der Waals surface area contributed by atoms with Crippen LogP contribution in [0.25, 0.3) is 6.08 Å². The predicted molar refractivity (Wildman–Crippen MR) is 101 cm³/mol. The maximum atomic E-state index is 12.4. The van der Waals surface area contributed by atoms with Crippen molar-refractivity contribution in [2.75, 3.05) is 24.3 Å². The van der Waals surface area contributed by atoms with Crippen molar-refractivity contribution in [3.63, 3.8) is 0 Å². The van der Waals surface area contributed by atoms with E-state index in [0.29, 0.717) is 10.6 Å². The fourth-order valence-electron chi connectivity index (χ4n) is 2.21. The molecule has 0 saturated heterocycles. The van der Waals surface area contributed by atoms with E-state index >= 15 is 0 Å². The van der Waals surface area contributed by atoms with Crippen molar-refractivity contribution in [1.29, 1.82) is 0 Å². The third-order valence-electron chi connectivity index (χ3n) is 3.61. The molecule has 0 bridgehead atoms. The van der Waals surface area contributed by atoms with Crippen molar-refractivity contribution in [3.05, 3.63) is 64.2 Å². The number of rotatable bonds is 5. The number of hydrogen-bond donors (Lipinski definition) is 2. The van der Waals surface area contributed by atoms with Crippen LogP contribution in [0.2, 0.25) is 5.02 Å². The third kappa shape index (κ3) is 4.84. The molecule has 130 valence electrons. The molecule has 2 aromatic carbocycles. The van der Waals surface area contributed by atoms with Gasteiger partial charge in [-0.3, -0.25) is 4.79 Å². The van der Waals surface area contributed by atoms with Crippen LogP contribution in [0, 0.1) is 0 Å². The highest BCUT2D eigenvalue weighted by molar-refractivity contribution is 6.31. The van der Waals surface area contributed by atoms with Crippen molar-refractivity contribution in [1.82, 2.24) is 0 Å². The van der Waals surface area contributed by atoms with E-state index in [2.05, 4.69) is 5.32 Å². The average molecular weight is 359 g/mol. The van der Waals surface area contributed by atoms with E-state index in [0.717, 1.165) is 11.3 Å². The molecular formula is C19H19ClN2O3. The summed E-state index contributed by atoms with van der Waals surface area (Å²) >= 11 is 5.89. The average Bonchev–Trinajstić information content (AvgIpc) is 2.55. The molecule has 0 unspecified atom stereocenters. The van der Waals surface area contributed by atoms with Gasteiger partial charge in [0.25, 0.3) is 5.91 Å². The summed E-state index contributed by atoms with van der Waals surface area (Å²) in [6.07, 6.45) is 1.74. The quantitative estimate of drug-likeness (QED) is 0.788. The smallest absolute Gasteiger partial charge is 0.337 e. The monoisotopic (exact) mass is 358 g/mol. The third-order valence-corrected chi connectivity index (χ3v) is 3.85. The SMILES string of the molecule is C/C(=C\c1ccc(N(C)C)cc1)C(=O)Nc1cc(Cl)ccc1C(=O)O. The lowest BCUT2D eigenvalue weighted by molar-refractivity contribution is -0.112. The summed E-state index contributed by atoms with van der Waals surface area (Å²) in [7, 11) is 3.91. The first kappa shape index (κ1) is 18.5. The lowest BCUT2D eigenvalue weighted by atomic mass is 10.1. The first-order valence-corrected chi connectivity index (χ1v) is 7.95. The lowest BCUT2D eigenvalue weighted by Crippen LogP contribution is -2.15. The zero-order chi connectivity index (χ0) is 18.6. The maximum Gasteiger partial charge on any atom is 0.337 e. The number of carbonyl (C=O) groups is 2. The first-order chi connectivity index (χ1) is 11.8. The van der Waals surface area contributed by atoms with Crippen molar-refractivity contribution in [2.45, 2.75) is 6.92 Å². The Kier molecular flexibility index (Phi) is 5.83. The minimum absolute atomic E-state index is 0.0131. The summed E-state index contributed by atoms with van der Waals surface area (Å²) in [5, 5.41) is 12.2. The predicted octanol–water partition coefficient (Wildman–Crippen LogP) is 4.15. The van der Waals surface area contributed by atoms with Crippen molar-refractivity contribution < 1.29 is 14.7 Å². The Bertz CT molecular complexity index is 827. The van der Waals surface area contributed by atoms with Crippen LogP contribution < -0.4 is 10.2 Å². The standard InChI is InChI=1S/C19H19ClN2O3/c1-12(10-13-4-7-15(8-5-13)22(2)3)18(23)21-17-11-14(20)6-9-16(17)19(24)25/h4-11H,1-3H3,(H,21,23)(H,24,25)/b12-10+. The first-order valence-electron chi connectivity index (χ1n) is 7.58. The van der Waals surface area contributed by atoms with Crippen LogP contribution in [0.1, 0.15) is 22.8 Å². The number of carboxylic acids is 1. The minimum atomic E-state index is -1.13. The molecule has 0 spiro atoms. The Morgan fingerprint density at radius 1 is 1.12 bits per heavy atom. The van der Waals surface area contributed by atoms with Crippen LogP contribution in [0.3, 0.4) is 0 Å². The van der Waals surface area contributed by atoms with Gasteiger partial charge in [-0.25, -0.2) is 4.79 Å². The summed E-state index contributed by atoms with van der Waals surface area (Å²) in [5.41, 5.74) is 2.54. The largest absolute Gasteiger partial charge is 0.478 e. The molecule has 2 N–H and O–H groups in total. The Morgan fingerprint density at radius 2 is 1.76 bits per heavy atom. The molecule has 25 heavy (non-hydrogen) atoms. The van der Waals surface area contributed by atoms with Gasteiger partial charge < -0.3 is 15.3 Å². The molecule has 5 nitrogen and oxygen atoms in total. The molecule has 0 heterocycles. The Hall–Kier alpha value is -2.79. The van der Waals surface area contributed by atoms with Gasteiger partial charge in [0, 0.05) is 30.4 Å². The Labute approximate surface area is 151 Å². The van der Waals surface area contributed by atoms with Gasteiger partial charge in [0.15, 0.2) is 0 Å². The number of nitrogens with zero attached hydrogens (tertiary/aromatic N) is 1. The van der Waals surface area contributed by atoms with Gasteiger partial charge in [-0.1, -0.05) is 23.7 Å². The summed E-state index contributed by atoms with van der Waals surface area (Å²) in [6.45, 7) is 1.67. The number of carbonyl (C=O) groups excluding carboxylic acids is 1. The van der Waals surface area contributed by atoms with Gasteiger partial charge >= 0.3 is 5.97 Å². The number of carboxylic acid groups (broad SMARTS) is 1. The highest BCUT2D eigenvalue weighted by Crippen LogP contribution is 2.22. The fraction of sp³-hybridized carbons (Fsp3) is 0.158. The highest BCUT2D eigenvalue weighted by Gasteiger charge is 2.14. The van der Waals surface area contributed by atoms with Gasteiger partial charge in [0.1, 0.15) is 0 Å². The van der Waals surface area contributed by atoms with Gasteiger partial charge in [0.05, 0.1) is 11.3 Å². The highest BCUT2D eigenvalue weighted by atomic mass is 35.5. The van der Waals surface area contributed by atoms with Crippen LogP contribution in [0.15, 0.2) is 48.0 Å². The molecule has 6 heteroatoms. The van der Waals surface area contributed by atoms with E-state index in [9.17, 15) is 14.7 Å². The molecule has 0 aromatic heterocycles. The number of halogens is 1. The summed E-state index contributed by atoms with van der Waals surface area (Å²) < 4.78 is 0. The second kappa shape index (κ2) is 7.85. The summed E-state index contributed by atoms with van der Waals surface area (Å²) in [6, 6.07) is 12.0. The van der Waals surface area contributed by atoms with Crippen LogP contribution in [-0.2, 0) is 4.79 Å². The van der Waals surface area contributed by atoms with Crippen LogP contribution in [0.4, 0.5) is 11.4 Å². The Morgan fingerprint density at radius 3 is 2.32 bits per heavy atom. The van der Waals surface area contributed by atoms with E-state index in [1.165, 1.54) is 18.2 Å². The van der Waals surface area contributed by atoms with Gasteiger partial charge in [0.2, 0.25) is 0 Å². The zero-order valence-corrected chi connectivity index (χ0v) is 15.0. The van der Waals surface area contributed by atoms with Gasteiger partial charge in [-0.05, 0) is 48.9 Å². The van der Waals surface area contributed by atoms with Gasteiger partial charge in [-0.15, -0.1) is 0 Å². The van der Waals surface area contributed by atoms with E-state index < -0.39 is 5.97 Å². The fourth-order valence-corrected chi connectivity index (χ4v) is 2.38. The molecule has 2 rings (SSSR count). The normalized spacial score (nSPS) is 11.1. The maximum absolute atomic E-state index is 12.4. The number of aromatic carboxylic acids is 1. The summed E-state index contributed by atoms with van der Waals surface area (Å²) in [4.78, 5) is 25.6. The molecular weight excluding hydrogens is 340 g/mol. The zero-order valence-electron chi connectivity index (χ0n) is 14.2. The molecule has 0 aliphatic carbocycles. The summed E-state index contributed by atoms with van der Waals surface area (Å²) in [5.74, 6) is -1.52. The van der Waals surface area contributed by atoms with Crippen LogP contribution in [0.5, 0.6) is 0 Å². The molecule has 0 radical (unpaired) electrons.